The van der Waals surface area contributed by atoms with Crippen molar-refractivity contribution in [2.75, 3.05) is 19.6 Å². The van der Waals surface area contributed by atoms with Crippen molar-refractivity contribution in [2.45, 2.75) is 44.4 Å². The van der Waals surface area contributed by atoms with E-state index in [1.807, 2.05) is 0 Å². The van der Waals surface area contributed by atoms with E-state index in [0.717, 1.165) is 44.5 Å². The lowest BCUT2D eigenvalue weighted by Gasteiger charge is -2.32. The summed E-state index contributed by atoms with van der Waals surface area (Å²) >= 11 is 6.17. The van der Waals surface area contributed by atoms with Crippen molar-refractivity contribution < 1.29 is 18.3 Å². The molecule has 1 fully saturated rings. The molecule has 0 amide bonds. The highest BCUT2D eigenvalue weighted by Crippen LogP contribution is 2.40. The van der Waals surface area contributed by atoms with Gasteiger partial charge in [0.15, 0.2) is 6.10 Å². The number of likely N-dealkylation sites (tertiary alicyclic amines) is 1. The highest BCUT2D eigenvalue weighted by atomic mass is 35.5. The van der Waals surface area contributed by atoms with E-state index in [2.05, 4.69) is 11.8 Å². The maximum atomic E-state index is 12.7. The predicted molar refractivity (Wildman–Crippen MR) is 81.2 cm³/mol. The summed E-state index contributed by atoms with van der Waals surface area (Å²) in [6, 6.07) is 4.56. The molecule has 1 heterocycles. The van der Waals surface area contributed by atoms with Crippen LogP contribution in [0.15, 0.2) is 18.2 Å². The SMILES string of the molecule is CCCN1CCC(c2cccc(C(O)C(F)(F)F)c2Cl)CC1. The Morgan fingerprint density at radius 3 is 2.50 bits per heavy atom. The van der Waals surface area contributed by atoms with Crippen molar-refractivity contribution in [3.05, 3.63) is 34.3 Å². The molecule has 1 atom stereocenters. The van der Waals surface area contributed by atoms with Crippen LogP contribution in [-0.4, -0.2) is 35.8 Å². The van der Waals surface area contributed by atoms with Gasteiger partial charge in [0, 0.05) is 5.56 Å². The monoisotopic (exact) mass is 335 g/mol. The number of rotatable bonds is 4. The number of hydrogen-bond donors (Lipinski definition) is 1. The first-order valence-corrected chi connectivity index (χ1v) is 7.97. The highest BCUT2D eigenvalue weighted by Gasteiger charge is 2.41. The van der Waals surface area contributed by atoms with Crippen LogP contribution in [0.5, 0.6) is 0 Å². The second-order valence-corrected chi connectivity index (χ2v) is 6.19. The third-order valence-corrected chi connectivity index (χ3v) is 4.67. The summed E-state index contributed by atoms with van der Waals surface area (Å²) in [6.07, 6.45) is -4.37. The molecule has 0 bridgehead atoms. The van der Waals surface area contributed by atoms with Crippen LogP contribution in [0.2, 0.25) is 5.02 Å². The van der Waals surface area contributed by atoms with Crippen molar-refractivity contribution in [1.29, 1.82) is 0 Å². The second-order valence-electron chi connectivity index (χ2n) is 5.81. The van der Waals surface area contributed by atoms with Gasteiger partial charge in [-0.15, -0.1) is 0 Å². The van der Waals surface area contributed by atoms with Gasteiger partial charge in [0.05, 0.1) is 5.02 Å². The molecule has 124 valence electrons. The lowest BCUT2D eigenvalue weighted by atomic mass is 9.87. The molecule has 1 aromatic carbocycles. The minimum absolute atomic E-state index is 0.0567. The van der Waals surface area contributed by atoms with Gasteiger partial charge in [-0.2, -0.15) is 13.2 Å². The first kappa shape index (κ1) is 17.6. The Morgan fingerprint density at radius 2 is 1.95 bits per heavy atom. The van der Waals surface area contributed by atoms with Crippen LogP contribution in [0.4, 0.5) is 13.2 Å². The third kappa shape index (κ3) is 3.94. The fourth-order valence-corrected chi connectivity index (χ4v) is 3.44. The smallest absolute Gasteiger partial charge is 0.379 e. The Morgan fingerprint density at radius 1 is 1.32 bits per heavy atom. The summed E-state index contributed by atoms with van der Waals surface area (Å²) in [5, 5.41) is 9.51. The standard InChI is InChI=1S/C16H21ClF3NO/c1-2-8-21-9-6-11(7-10-21)12-4-3-5-13(14(12)17)15(22)16(18,19)20/h3-5,11,15,22H,2,6-10H2,1H3. The number of aliphatic hydroxyl groups excluding tert-OH is 1. The quantitative estimate of drug-likeness (QED) is 0.874. The molecular weight excluding hydrogens is 315 g/mol. The molecule has 1 saturated heterocycles. The Balaban J connectivity index is 2.16. The van der Waals surface area contributed by atoms with Crippen LogP contribution in [0.1, 0.15) is 49.3 Å². The third-order valence-electron chi connectivity index (χ3n) is 4.23. The molecule has 1 aliphatic rings. The van der Waals surface area contributed by atoms with Crippen molar-refractivity contribution in [2.24, 2.45) is 0 Å². The first-order chi connectivity index (χ1) is 10.3. The Hall–Kier alpha value is -0.780. The van der Waals surface area contributed by atoms with Crippen LogP contribution in [0.3, 0.4) is 0 Å². The molecule has 0 radical (unpaired) electrons. The fourth-order valence-electron chi connectivity index (χ4n) is 3.06. The van der Waals surface area contributed by atoms with E-state index < -0.39 is 12.3 Å². The lowest BCUT2D eigenvalue weighted by molar-refractivity contribution is -0.206. The minimum atomic E-state index is -4.70. The van der Waals surface area contributed by atoms with E-state index in [9.17, 15) is 18.3 Å². The lowest BCUT2D eigenvalue weighted by Crippen LogP contribution is -2.33. The normalized spacial score (nSPS) is 19.4. The maximum Gasteiger partial charge on any atom is 0.418 e. The molecule has 0 saturated carbocycles. The molecule has 0 aliphatic carbocycles. The van der Waals surface area contributed by atoms with Gasteiger partial charge >= 0.3 is 6.18 Å². The zero-order chi connectivity index (χ0) is 16.3. The van der Waals surface area contributed by atoms with E-state index in [-0.39, 0.29) is 16.5 Å². The number of benzene rings is 1. The summed E-state index contributed by atoms with van der Waals surface area (Å²) in [4.78, 5) is 2.36. The molecular formula is C16H21ClF3NO. The number of alkyl halides is 3. The van der Waals surface area contributed by atoms with E-state index in [0.29, 0.717) is 0 Å². The average Bonchev–Trinajstić information content (AvgIpc) is 2.47. The van der Waals surface area contributed by atoms with Gasteiger partial charge in [-0.3, -0.25) is 0 Å². The summed E-state index contributed by atoms with van der Waals surface area (Å²) in [6.45, 7) is 5.04. The molecule has 1 unspecified atom stereocenters. The summed E-state index contributed by atoms with van der Waals surface area (Å²) < 4.78 is 38.1. The van der Waals surface area contributed by atoms with Gasteiger partial charge in [0.1, 0.15) is 0 Å². The van der Waals surface area contributed by atoms with Crippen molar-refractivity contribution in [3.8, 4) is 0 Å². The molecule has 0 aromatic heterocycles. The second kappa shape index (κ2) is 7.20. The zero-order valence-electron chi connectivity index (χ0n) is 12.5. The number of piperidine rings is 1. The molecule has 0 spiro atoms. The molecule has 22 heavy (non-hydrogen) atoms. The number of aliphatic hydroxyl groups is 1. The fraction of sp³-hybridized carbons (Fsp3) is 0.625. The highest BCUT2D eigenvalue weighted by molar-refractivity contribution is 6.32. The van der Waals surface area contributed by atoms with Gasteiger partial charge in [-0.05, 0) is 50.4 Å². The van der Waals surface area contributed by atoms with Crippen LogP contribution < -0.4 is 0 Å². The van der Waals surface area contributed by atoms with Gasteiger partial charge in [-0.1, -0.05) is 36.7 Å². The van der Waals surface area contributed by atoms with E-state index >= 15 is 0 Å². The predicted octanol–water partition coefficient (Wildman–Crippen LogP) is 4.53. The van der Waals surface area contributed by atoms with Crippen molar-refractivity contribution >= 4 is 11.6 Å². The molecule has 6 heteroatoms. The zero-order valence-corrected chi connectivity index (χ0v) is 13.3. The first-order valence-electron chi connectivity index (χ1n) is 7.60. The summed E-state index contributed by atoms with van der Waals surface area (Å²) in [7, 11) is 0. The van der Waals surface area contributed by atoms with Gasteiger partial charge in [0.25, 0.3) is 0 Å². The van der Waals surface area contributed by atoms with Crippen LogP contribution >= 0.6 is 11.6 Å². The number of hydrogen-bond acceptors (Lipinski definition) is 2. The minimum Gasteiger partial charge on any atom is -0.379 e. The largest absolute Gasteiger partial charge is 0.418 e. The average molecular weight is 336 g/mol. The topological polar surface area (TPSA) is 23.5 Å². The Labute approximate surface area is 133 Å². The summed E-state index contributed by atoms with van der Waals surface area (Å²) in [5.74, 6) is 0.154. The molecule has 1 aliphatic heterocycles. The van der Waals surface area contributed by atoms with Gasteiger partial charge < -0.3 is 10.0 Å². The van der Waals surface area contributed by atoms with Crippen LogP contribution in [0, 0.1) is 0 Å². The Bertz CT molecular complexity index is 499. The van der Waals surface area contributed by atoms with Crippen molar-refractivity contribution in [1.82, 2.24) is 4.90 Å². The van der Waals surface area contributed by atoms with Gasteiger partial charge in [-0.25, -0.2) is 0 Å². The van der Waals surface area contributed by atoms with E-state index in [1.165, 1.54) is 6.07 Å². The number of halogens is 4. The molecule has 2 nitrogen and oxygen atoms in total. The molecule has 1 aromatic rings. The number of nitrogens with zero attached hydrogens (tertiary/aromatic N) is 1. The van der Waals surface area contributed by atoms with E-state index in [1.54, 1.807) is 12.1 Å². The maximum absolute atomic E-state index is 12.7. The summed E-state index contributed by atoms with van der Waals surface area (Å²) in [5.41, 5.74) is 0.473. The molecule has 2 rings (SSSR count). The van der Waals surface area contributed by atoms with Crippen molar-refractivity contribution in [3.63, 3.8) is 0 Å². The van der Waals surface area contributed by atoms with E-state index in [4.69, 9.17) is 11.6 Å². The Kier molecular flexibility index (Phi) is 5.75. The van der Waals surface area contributed by atoms with Gasteiger partial charge in [0.2, 0.25) is 0 Å². The van der Waals surface area contributed by atoms with Crippen LogP contribution in [-0.2, 0) is 0 Å². The van der Waals surface area contributed by atoms with Crippen LogP contribution in [0.25, 0.3) is 0 Å². The molecule has 1 N–H and O–H groups in total.